The number of benzene rings is 1. The van der Waals surface area contributed by atoms with Gasteiger partial charge in [-0.3, -0.25) is 0 Å². The third kappa shape index (κ3) is 2.17. The Morgan fingerprint density at radius 2 is 2.06 bits per heavy atom. The number of rotatable bonds is 3. The quantitative estimate of drug-likeness (QED) is 0.763. The predicted molar refractivity (Wildman–Crippen MR) is 64.9 cm³/mol. The minimum absolute atomic E-state index is 0.294. The van der Waals surface area contributed by atoms with E-state index in [0.29, 0.717) is 17.9 Å². The first kappa shape index (κ1) is 11.7. The molecule has 0 atom stereocenters. The Hall–Kier alpha value is -1.81. The largest absolute Gasteiger partial charge is 0.463 e. The second kappa shape index (κ2) is 4.59. The second-order valence-corrected chi connectivity index (χ2v) is 4.14. The van der Waals surface area contributed by atoms with Gasteiger partial charge in [-0.25, -0.2) is 4.79 Å². The SMILES string of the molecule is COC(=O)c1oc2ccccc2c1CN(C)C. The summed E-state index contributed by atoms with van der Waals surface area (Å²) in [5.41, 5.74) is 1.59. The van der Waals surface area contributed by atoms with Crippen LogP contribution < -0.4 is 0 Å². The standard InChI is InChI=1S/C13H15NO3/c1-14(2)8-10-9-6-4-5-7-11(9)17-12(10)13(15)16-3/h4-7H,8H2,1-3H3. The highest BCUT2D eigenvalue weighted by atomic mass is 16.5. The van der Waals surface area contributed by atoms with Gasteiger partial charge in [0.05, 0.1) is 7.11 Å². The molecule has 90 valence electrons. The highest BCUT2D eigenvalue weighted by Crippen LogP contribution is 2.27. The number of ether oxygens (including phenoxy) is 1. The van der Waals surface area contributed by atoms with Crippen molar-refractivity contribution >= 4 is 16.9 Å². The van der Waals surface area contributed by atoms with Gasteiger partial charge in [0.1, 0.15) is 5.58 Å². The molecule has 0 saturated heterocycles. The fourth-order valence-electron chi connectivity index (χ4n) is 1.83. The summed E-state index contributed by atoms with van der Waals surface area (Å²) in [6, 6.07) is 7.61. The smallest absolute Gasteiger partial charge is 0.374 e. The summed E-state index contributed by atoms with van der Waals surface area (Å²) < 4.78 is 10.3. The lowest BCUT2D eigenvalue weighted by molar-refractivity contribution is 0.0565. The van der Waals surface area contributed by atoms with E-state index in [0.717, 1.165) is 10.9 Å². The lowest BCUT2D eigenvalue weighted by Crippen LogP contribution is -2.13. The number of esters is 1. The molecule has 0 bridgehead atoms. The molecule has 0 aliphatic carbocycles. The average molecular weight is 233 g/mol. The molecule has 0 spiro atoms. The molecule has 0 unspecified atom stereocenters. The average Bonchev–Trinajstić information content (AvgIpc) is 2.67. The van der Waals surface area contributed by atoms with Gasteiger partial charge in [-0.2, -0.15) is 0 Å². The first-order valence-corrected chi connectivity index (χ1v) is 5.37. The van der Waals surface area contributed by atoms with E-state index < -0.39 is 5.97 Å². The van der Waals surface area contributed by atoms with Crippen LogP contribution in [0.2, 0.25) is 0 Å². The molecular formula is C13H15NO3. The van der Waals surface area contributed by atoms with Gasteiger partial charge in [0.2, 0.25) is 5.76 Å². The van der Waals surface area contributed by atoms with E-state index in [9.17, 15) is 4.79 Å². The van der Waals surface area contributed by atoms with E-state index in [2.05, 4.69) is 0 Å². The molecule has 0 amide bonds. The number of hydrogen-bond acceptors (Lipinski definition) is 4. The zero-order chi connectivity index (χ0) is 12.4. The van der Waals surface area contributed by atoms with Crippen molar-refractivity contribution in [1.82, 2.24) is 4.90 Å². The zero-order valence-electron chi connectivity index (χ0n) is 10.2. The Morgan fingerprint density at radius 1 is 1.35 bits per heavy atom. The van der Waals surface area contributed by atoms with Gasteiger partial charge in [0.25, 0.3) is 0 Å². The first-order chi connectivity index (χ1) is 8.13. The fourth-order valence-corrected chi connectivity index (χ4v) is 1.83. The van der Waals surface area contributed by atoms with Crippen LogP contribution in [0, 0.1) is 0 Å². The molecule has 2 rings (SSSR count). The van der Waals surface area contributed by atoms with Crippen molar-refractivity contribution in [2.75, 3.05) is 21.2 Å². The molecule has 0 N–H and O–H groups in total. The van der Waals surface area contributed by atoms with Crippen LogP contribution in [0.4, 0.5) is 0 Å². The van der Waals surface area contributed by atoms with Crippen LogP contribution in [0.1, 0.15) is 16.1 Å². The number of furan rings is 1. The van der Waals surface area contributed by atoms with Crippen molar-refractivity contribution in [3.63, 3.8) is 0 Å². The zero-order valence-corrected chi connectivity index (χ0v) is 10.2. The van der Waals surface area contributed by atoms with Crippen molar-refractivity contribution in [3.05, 3.63) is 35.6 Å². The Bertz CT molecular complexity index is 543. The van der Waals surface area contributed by atoms with Gasteiger partial charge in [-0.1, -0.05) is 18.2 Å². The number of methoxy groups -OCH3 is 1. The van der Waals surface area contributed by atoms with Gasteiger partial charge >= 0.3 is 5.97 Å². The number of para-hydroxylation sites is 1. The highest BCUT2D eigenvalue weighted by Gasteiger charge is 2.20. The van der Waals surface area contributed by atoms with Crippen LogP contribution in [-0.2, 0) is 11.3 Å². The molecule has 0 saturated carbocycles. The molecule has 2 aromatic rings. The first-order valence-electron chi connectivity index (χ1n) is 5.37. The maximum absolute atomic E-state index is 11.7. The van der Waals surface area contributed by atoms with Gasteiger partial charge in [0, 0.05) is 17.5 Å². The highest BCUT2D eigenvalue weighted by molar-refractivity contribution is 5.96. The number of carbonyl (C=O) groups excluding carboxylic acids is 1. The molecule has 1 aromatic heterocycles. The molecule has 17 heavy (non-hydrogen) atoms. The number of fused-ring (bicyclic) bond motifs is 1. The lowest BCUT2D eigenvalue weighted by atomic mass is 10.1. The van der Waals surface area contributed by atoms with Crippen molar-refractivity contribution in [2.45, 2.75) is 6.54 Å². The molecule has 1 aromatic carbocycles. The van der Waals surface area contributed by atoms with Crippen molar-refractivity contribution in [3.8, 4) is 0 Å². The lowest BCUT2D eigenvalue weighted by Gasteiger charge is -2.09. The molecule has 1 heterocycles. The summed E-state index contributed by atoms with van der Waals surface area (Å²) in [6.45, 7) is 0.640. The molecule has 0 radical (unpaired) electrons. The topological polar surface area (TPSA) is 42.7 Å². The normalized spacial score (nSPS) is 11.1. The van der Waals surface area contributed by atoms with E-state index in [-0.39, 0.29) is 0 Å². The maximum Gasteiger partial charge on any atom is 0.374 e. The van der Waals surface area contributed by atoms with E-state index in [1.54, 1.807) is 0 Å². The number of hydrogen-bond donors (Lipinski definition) is 0. The van der Waals surface area contributed by atoms with E-state index in [4.69, 9.17) is 9.15 Å². The van der Waals surface area contributed by atoms with Crippen LogP contribution in [0.25, 0.3) is 11.0 Å². The third-order valence-corrected chi connectivity index (χ3v) is 2.54. The van der Waals surface area contributed by atoms with Crippen molar-refractivity contribution in [1.29, 1.82) is 0 Å². The summed E-state index contributed by atoms with van der Waals surface area (Å²) >= 11 is 0. The Labute approximate surface area is 99.8 Å². The van der Waals surface area contributed by atoms with Crippen LogP contribution in [0.15, 0.2) is 28.7 Å². The van der Waals surface area contributed by atoms with Crippen LogP contribution >= 0.6 is 0 Å². The van der Waals surface area contributed by atoms with Crippen molar-refractivity contribution < 1.29 is 13.9 Å². The molecule has 4 heteroatoms. The summed E-state index contributed by atoms with van der Waals surface area (Å²) in [5.74, 6) is -0.138. The van der Waals surface area contributed by atoms with Crippen LogP contribution in [0.5, 0.6) is 0 Å². The Morgan fingerprint density at radius 3 is 2.71 bits per heavy atom. The van der Waals surface area contributed by atoms with Gasteiger partial charge in [-0.15, -0.1) is 0 Å². The van der Waals surface area contributed by atoms with E-state index >= 15 is 0 Å². The Kier molecular flexibility index (Phi) is 3.15. The second-order valence-electron chi connectivity index (χ2n) is 4.14. The number of carbonyl (C=O) groups is 1. The van der Waals surface area contributed by atoms with Gasteiger partial charge in [-0.05, 0) is 20.2 Å². The van der Waals surface area contributed by atoms with E-state index in [1.165, 1.54) is 7.11 Å². The van der Waals surface area contributed by atoms with Crippen LogP contribution in [-0.4, -0.2) is 32.1 Å². The maximum atomic E-state index is 11.7. The van der Waals surface area contributed by atoms with Crippen molar-refractivity contribution in [2.24, 2.45) is 0 Å². The minimum atomic E-state index is -0.432. The molecular weight excluding hydrogens is 218 g/mol. The summed E-state index contributed by atoms with van der Waals surface area (Å²) in [6.07, 6.45) is 0. The Balaban J connectivity index is 2.60. The van der Waals surface area contributed by atoms with E-state index in [1.807, 2.05) is 43.3 Å². The summed E-state index contributed by atoms with van der Waals surface area (Å²) in [7, 11) is 5.25. The fraction of sp³-hybridized carbons (Fsp3) is 0.308. The van der Waals surface area contributed by atoms with Gasteiger partial charge in [0.15, 0.2) is 0 Å². The summed E-state index contributed by atoms with van der Waals surface area (Å²) in [4.78, 5) is 13.6. The third-order valence-electron chi connectivity index (χ3n) is 2.54. The molecule has 0 aliphatic rings. The molecule has 4 nitrogen and oxygen atoms in total. The minimum Gasteiger partial charge on any atom is -0.463 e. The van der Waals surface area contributed by atoms with Gasteiger partial charge < -0.3 is 14.1 Å². The summed E-state index contributed by atoms with van der Waals surface area (Å²) in [5, 5.41) is 0.960. The predicted octanol–water partition coefficient (Wildman–Crippen LogP) is 2.28. The van der Waals surface area contributed by atoms with Crippen LogP contribution in [0.3, 0.4) is 0 Å². The molecule has 0 aliphatic heterocycles. The number of nitrogens with zero attached hydrogens (tertiary/aromatic N) is 1. The molecule has 0 fully saturated rings. The monoisotopic (exact) mass is 233 g/mol.